The molecule has 26 heavy (non-hydrogen) atoms. The van der Waals surface area contributed by atoms with Crippen LogP contribution in [0.25, 0.3) is 17.0 Å². The van der Waals surface area contributed by atoms with E-state index in [0.29, 0.717) is 3.57 Å². The first kappa shape index (κ1) is 18.5. The lowest BCUT2D eigenvalue weighted by Gasteiger charge is -2.10. The first-order valence-corrected chi connectivity index (χ1v) is 9.88. The number of esters is 1. The summed E-state index contributed by atoms with van der Waals surface area (Å²) in [5, 5.41) is 0.172. The van der Waals surface area contributed by atoms with Crippen molar-refractivity contribution in [1.82, 2.24) is 4.98 Å². The lowest BCUT2D eigenvalue weighted by atomic mass is 10.2. The van der Waals surface area contributed by atoms with E-state index >= 15 is 0 Å². The molecular formula is C18H12INO5S. The van der Waals surface area contributed by atoms with Crippen LogP contribution in [0.4, 0.5) is 0 Å². The first-order chi connectivity index (χ1) is 12.4. The van der Waals surface area contributed by atoms with E-state index < -0.39 is 16.1 Å². The quantitative estimate of drug-likeness (QED) is 0.201. The number of aromatic nitrogens is 1. The molecule has 3 rings (SSSR count). The Morgan fingerprint density at radius 3 is 2.58 bits per heavy atom. The van der Waals surface area contributed by atoms with E-state index in [1.165, 1.54) is 30.5 Å². The van der Waals surface area contributed by atoms with Gasteiger partial charge in [0.2, 0.25) is 0 Å². The molecule has 0 unspecified atom stereocenters. The van der Waals surface area contributed by atoms with Crippen molar-refractivity contribution in [3.8, 4) is 5.75 Å². The Bertz CT molecular complexity index is 1110. The summed E-state index contributed by atoms with van der Waals surface area (Å²) < 4.78 is 38.3. The van der Waals surface area contributed by atoms with Gasteiger partial charge < -0.3 is 4.74 Å². The van der Waals surface area contributed by atoms with Gasteiger partial charge in [-0.3, -0.25) is 9.54 Å². The number of ether oxygens (including phenoxy) is 1. The highest BCUT2D eigenvalue weighted by molar-refractivity contribution is 14.1. The third kappa shape index (κ3) is 4.09. The lowest BCUT2D eigenvalue weighted by molar-refractivity contribution is -0.128. The zero-order chi connectivity index (χ0) is 18.7. The second-order valence-corrected chi connectivity index (χ2v) is 7.78. The lowest BCUT2D eigenvalue weighted by Crippen LogP contribution is -2.08. The van der Waals surface area contributed by atoms with Crippen LogP contribution in [0.1, 0.15) is 5.56 Å². The van der Waals surface area contributed by atoms with Crippen molar-refractivity contribution >= 4 is 55.7 Å². The van der Waals surface area contributed by atoms with Gasteiger partial charge in [-0.25, -0.2) is 4.79 Å². The maximum absolute atomic E-state index is 12.2. The highest BCUT2D eigenvalue weighted by atomic mass is 127. The molecule has 0 saturated heterocycles. The summed E-state index contributed by atoms with van der Waals surface area (Å²) in [7, 11) is -4.44. The van der Waals surface area contributed by atoms with Crippen LogP contribution in [0.5, 0.6) is 5.75 Å². The van der Waals surface area contributed by atoms with Crippen molar-refractivity contribution in [2.45, 2.75) is 4.90 Å². The van der Waals surface area contributed by atoms with Crippen LogP contribution < -0.4 is 4.74 Å². The zero-order valence-electron chi connectivity index (χ0n) is 13.2. The Hall–Kier alpha value is -2.30. The molecule has 3 aromatic rings. The number of hydrogen-bond donors (Lipinski definition) is 1. The Morgan fingerprint density at radius 1 is 1.15 bits per heavy atom. The summed E-state index contributed by atoms with van der Waals surface area (Å²) >= 11 is 1.83. The minimum atomic E-state index is -4.44. The third-order valence-electron chi connectivity index (χ3n) is 3.45. The maximum atomic E-state index is 12.2. The minimum Gasteiger partial charge on any atom is -0.420 e. The van der Waals surface area contributed by atoms with Crippen LogP contribution in [0.2, 0.25) is 0 Å². The summed E-state index contributed by atoms with van der Waals surface area (Å²) in [6.45, 7) is 0. The molecule has 1 N–H and O–H groups in total. The van der Waals surface area contributed by atoms with Crippen molar-refractivity contribution in [2.75, 3.05) is 0 Å². The van der Waals surface area contributed by atoms with Gasteiger partial charge in [0.25, 0.3) is 10.1 Å². The number of carbonyl (C=O) groups is 1. The predicted molar refractivity (Wildman–Crippen MR) is 105 cm³/mol. The van der Waals surface area contributed by atoms with Crippen LogP contribution >= 0.6 is 22.6 Å². The SMILES string of the molecule is O=C(C=Cc1ccccc1)Oc1c(I)cc(S(=O)(=O)O)c2cccnc12. The molecular weight excluding hydrogens is 469 g/mol. The molecule has 1 heterocycles. The second-order valence-electron chi connectivity index (χ2n) is 5.23. The molecule has 0 fully saturated rings. The largest absolute Gasteiger partial charge is 0.420 e. The van der Waals surface area contributed by atoms with E-state index in [-0.39, 0.29) is 21.5 Å². The van der Waals surface area contributed by atoms with E-state index in [1.807, 2.05) is 52.9 Å². The number of pyridine rings is 1. The first-order valence-electron chi connectivity index (χ1n) is 7.36. The number of nitrogens with zero attached hydrogens (tertiary/aromatic N) is 1. The van der Waals surface area contributed by atoms with Gasteiger partial charge in [-0.15, -0.1) is 0 Å². The number of carbonyl (C=O) groups excluding carboxylic acids is 1. The molecule has 0 saturated carbocycles. The predicted octanol–water partition coefficient (Wildman–Crippen LogP) is 3.70. The molecule has 0 bridgehead atoms. The second kappa shape index (κ2) is 7.52. The van der Waals surface area contributed by atoms with Gasteiger partial charge in [0, 0.05) is 17.7 Å². The average molecular weight is 481 g/mol. The van der Waals surface area contributed by atoms with Gasteiger partial charge in [-0.1, -0.05) is 30.3 Å². The highest BCUT2D eigenvalue weighted by Gasteiger charge is 2.21. The zero-order valence-corrected chi connectivity index (χ0v) is 16.1. The van der Waals surface area contributed by atoms with E-state index in [4.69, 9.17) is 4.74 Å². The molecule has 0 aliphatic carbocycles. The maximum Gasteiger partial charge on any atom is 0.336 e. The Labute approximate surface area is 163 Å². The summed E-state index contributed by atoms with van der Waals surface area (Å²) in [5.41, 5.74) is 1.01. The molecule has 0 radical (unpaired) electrons. The number of rotatable bonds is 4. The monoisotopic (exact) mass is 481 g/mol. The van der Waals surface area contributed by atoms with Crippen molar-refractivity contribution in [1.29, 1.82) is 0 Å². The molecule has 0 aliphatic rings. The molecule has 0 spiro atoms. The topological polar surface area (TPSA) is 93.6 Å². The Morgan fingerprint density at radius 2 is 1.88 bits per heavy atom. The number of benzene rings is 2. The molecule has 6 nitrogen and oxygen atoms in total. The Kier molecular flexibility index (Phi) is 5.35. The van der Waals surface area contributed by atoms with Gasteiger partial charge in [-0.2, -0.15) is 8.42 Å². The summed E-state index contributed by atoms with van der Waals surface area (Å²) in [6.07, 6.45) is 4.33. The third-order valence-corrected chi connectivity index (χ3v) is 5.15. The van der Waals surface area contributed by atoms with E-state index in [1.54, 1.807) is 6.08 Å². The fourth-order valence-electron chi connectivity index (χ4n) is 2.33. The number of fused-ring (bicyclic) bond motifs is 1. The standard InChI is InChI=1S/C18H12INO5S/c19-14-11-15(26(22,23)24)13-7-4-10-20-17(13)18(14)25-16(21)9-8-12-5-2-1-3-6-12/h1-11H,(H,22,23,24). The molecule has 132 valence electrons. The van der Waals surface area contributed by atoms with E-state index in [2.05, 4.69) is 4.98 Å². The summed E-state index contributed by atoms with van der Waals surface area (Å²) in [4.78, 5) is 16.0. The average Bonchev–Trinajstić information content (AvgIpc) is 2.62. The van der Waals surface area contributed by atoms with Crippen LogP contribution in [0.3, 0.4) is 0 Å². The van der Waals surface area contributed by atoms with Gasteiger partial charge >= 0.3 is 5.97 Å². The number of hydrogen-bond acceptors (Lipinski definition) is 5. The van der Waals surface area contributed by atoms with Gasteiger partial charge in [0.05, 0.1) is 3.57 Å². The fourth-order valence-corrected chi connectivity index (χ4v) is 3.93. The van der Waals surface area contributed by atoms with Crippen molar-refractivity contribution < 1.29 is 22.5 Å². The molecule has 0 aliphatic heterocycles. The molecule has 2 aromatic carbocycles. The molecule has 8 heteroatoms. The van der Waals surface area contributed by atoms with Crippen molar-refractivity contribution in [3.63, 3.8) is 0 Å². The summed E-state index contributed by atoms with van der Waals surface area (Å²) in [5.74, 6) is -0.491. The fraction of sp³-hybridized carbons (Fsp3) is 0. The number of halogens is 1. The van der Waals surface area contributed by atoms with Crippen LogP contribution in [-0.4, -0.2) is 23.9 Å². The Balaban J connectivity index is 2.00. The van der Waals surface area contributed by atoms with Gasteiger partial charge in [0.1, 0.15) is 10.4 Å². The normalized spacial score (nSPS) is 11.8. The smallest absolute Gasteiger partial charge is 0.336 e. The van der Waals surface area contributed by atoms with Crippen molar-refractivity contribution in [2.24, 2.45) is 0 Å². The molecule has 0 atom stereocenters. The highest BCUT2D eigenvalue weighted by Crippen LogP contribution is 2.34. The van der Waals surface area contributed by atoms with Crippen LogP contribution in [0, 0.1) is 3.57 Å². The summed E-state index contributed by atoms with van der Waals surface area (Å²) in [6, 6.07) is 13.5. The molecule has 1 aromatic heterocycles. The minimum absolute atomic E-state index is 0.135. The van der Waals surface area contributed by atoms with Crippen molar-refractivity contribution in [3.05, 3.63) is 69.9 Å². The van der Waals surface area contributed by atoms with E-state index in [0.717, 1.165) is 5.56 Å². The molecule has 0 amide bonds. The van der Waals surface area contributed by atoms with Gasteiger partial charge in [-0.05, 0) is 52.4 Å². The van der Waals surface area contributed by atoms with Crippen LogP contribution in [0.15, 0.2) is 65.7 Å². The van der Waals surface area contributed by atoms with E-state index in [9.17, 15) is 17.8 Å². The van der Waals surface area contributed by atoms with Crippen LogP contribution in [-0.2, 0) is 14.9 Å². The van der Waals surface area contributed by atoms with Gasteiger partial charge in [0.15, 0.2) is 5.75 Å².